The molecular formula is C27H36N2O3. The number of likely N-dealkylation sites (tertiary alicyclic amines) is 1. The number of nitrogens with one attached hydrogen (secondary N) is 1. The molecule has 0 bridgehead atoms. The van der Waals surface area contributed by atoms with E-state index in [1.807, 2.05) is 25.1 Å². The Bertz CT molecular complexity index is 847. The zero-order chi connectivity index (χ0) is 22.2. The molecule has 0 aromatic heterocycles. The van der Waals surface area contributed by atoms with Gasteiger partial charge in [0.2, 0.25) is 5.91 Å². The van der Waals surface area contributed by atoms with Gasteiger partial charge in [0.1, 0.15) is 5.75 Å². The first-order chi connectivity index (χ1) is 15.7. The smallest absolute Gasteiger partial charge is 0.224 e. The fourth-order valence-electron chi connectivity index (χ4n) is 5.06. The summed E-state index contributed by atoms with van der Waals surface area (Å²) in [4.78, 5) is 15.6. The Morgan fingerprint density at radius 1 is 1.12 bits per heavy atom. The summed E-state index contributed by atoms with van der Waals surface area (Å²) in [6.45, 7) is 7.60. The van der Waals surface area contributed by atoms with Crippen molar-refractivity contribution in [1.82, 2.24) is 10.2 Å². The number of carbonyl (C=O) groups is 1. The molecule has 0 radical (unpaired) electrons. The van der Waals surface area contributed by atoms with Gasteiger partial charge in [-0.05, 0) is 62.4 Å². The van der Waals surface area contributed by atoms with Gasteiger partial charge in [-0.1, -0.05) is 42.5 Å². The third kappa shape index (κ3) is 5.70. The molecule has 172 valence electrons. The molecule has 0 aliphatic carbocycles. The molecule has 1 amide bonds. The van der Waals surface area contributed by atoms with Crippen LogP contribution in [0.3, 0.4) is 0 Å². The monoisotopic (exact) mass is 436 g/mol. The van der Waals surface area contributed by atoms with E-state index in [1.165, 1.54) is 11.1 Å². The van der Waals surface area contributed by atoms with Gasteiger partial charge in [0.05, 0.1) is 12.5 Å². The van der Waals surface area contributed by atoms with Gasteiger partial charge >= 0.3 is 0 Å². The average Bonchev–Trinajstić information content (AvgIpc) is 2.85. The molecule has 5 nitrogen and oxygen atoms in total. The van der Waals surface area contributed by atoms with Gasteiger partial charge < -0.3 is 14.8 Å². The lowest BCUT2D eigenvalue weighted by Crippen LogP contribution is -2.48. The second kappa shape index (κ2) is 11.0. The Kier molecular flexibility index (Phi) is 7.82. The molecule has 0 saturated carbocycles. The summed E-state index contributed by atoms with van der Waals surface area (Å²) in [7, 11) is 0. The van der Waals surface area contributed by atoms with Crippen LogP contribution in [0.5, 0.6) is 5.75 Å². The topological polar surface area (TPSA) is 50.8 Å². The summed E-state index contributed by atoms with van der Waals surface area (Å²) in [5.74, 6) is 1.15. The Labute approximate surface area is 192 Å². The summed E-state index contributed by atoms with van der Waals surface area (Å²) in [6, 6.07) is 18.9. The van der Waals surface area contributed by atoms with Crippen LogP contribution in [0.25, 0.3) is 0 Å². The van der Waals surface area contributed by atoms with Gasteiger partial charge in [-0.25, -0.2) is 0 Å². The Morgan fingerprint density at radius 3 is 2.59 bits per heavy atom. The Balaban J connectivity index is 1.37. The van der Waals surface area contributed by atoms with Crippen molar-refractivity contribution in [3.8, 4) is 5.75 Å². The summed E-state index contributed by atoms with van der Waals surface area (Å²) in [6.07, 6.45) is 3.89. The van der Waals surface area contributed by atoms with Crippen LogP contribution >= 0.6 is 0 Å². The predicted octanol–water partition coefficient (Wildman–Crippen LogP) is 4.16. The standard InChI is InChI=1S/C27H36N2O3/c1-2-32-25-12-10-24(11-13-25)27(14-17-31-18-15-27)21-28-26(30)23-9-6-16-29(20-23)19-22-7-4-3-5-8-22/h3-5,7-8,10-13,23H,2,6,9,14-21H2,1H3,(H,28,30). The van der Waals surface area contributed by atoms with Crippen LogP contribution in [-0.2, 0) is 21.5 Å². The number of amides is 1. The maximum absolute atomic E-state index is 13.2. The molecule has 5 heteroatoms. The first-order valence-electron chi connectivity index (χ1n) is 12.0. The molecule has 32 heavy (non-hydrogen) atoms. The van der Waals surface area contributed by atoms with Crippen molar-refractivity contribution in [1.29, 1.82) is 0 Å². The van der Waals surface area contributed by atoms with E-state index in [1.54, 1.807) is 0 Å². The average molecular weight is 437 g/mol. The Morgan fingerprint density at radius 2 is 1.88 bits per heavy atom. The van der Waals surface area contributed by atoms with E-state index in [0.717, 1.165) is 64.3 Å². The molecular weight excluding hydrogens is 400 g/mol. The highest BCUT2D eigenvalue weighted by Crippen LogP contribution is 2.35. The molecule has 0 spiro atoms. The zero-order valence-electron chi connectivity index (χ0n) is 19.2. The largest absolute Gasteiger partial charge is 0.494 e. The van der Waals surface area contributed by atoms with Crippen molar-refractivity contribution in [3.63, 3.8) is 0 Å². The van der Waals surface area contributed by atoms with Crippen LogP contribution in [0.4, 0.5) is 0 Å². The molecule has 4 rings (SSSR count). The highest BCUT2D eigenvalue weighted by molar-refractivity contribution is 5.79. The number of carbonyl (C=O) groups excluding carboxylic acids is 1. The number of ether oxygens (including phenoxy) is 2. The van der Waals surface area contributed by atoms with E-state index in [-0.39, 0.29) is 17.2 Å². The fourth-order valence-corrected chi connectivity index (χ4v) is 5.06. The van der Waals surface area contributed by atoms with Crippen LogP contribution in [0.1, 0.15) is 43.7 Å². The molecule has 2 aromatic rings. The quantitative estimate of drug-likeness (QED) is 0.675. The molecule has 1 atom stereocenters. The number of hydrogen-bond donors (Lipinski definition) is 1. The molecule has 2 saturated heterocycles. The van der Waals surface area contributed by atoms with Gasteiger partial charge in [0.25, 0.3) is 0 Å². The van der Waals surface area contributed by atoms with Crippen molar-refractivity contribution in [3.05, 3.63) is 65.7 Å². The van der Waals surface area contributed by atoms with Crippen molar-refractivity contribution in [2.24, 2.45) is 5.92 Å². The van der Waals surface area contributed by atoms with E-state index in [9.17, 15) is 4.79 Å². The van der Waals surface area contributed by atoms with E-state index in [2.05, 4.69) is 46.6 Å². The van der Waals surface area contributed by atoms with Crippen LogP contribution in [-0.4, -0.2) is 50.3 Å². The molecule has 1 unspecified atom stereocenters. The number of benzene rings is 2. The predicted molar refractivity (Wildman–Crippen MR) is 127 cm³/mol. The van der Waals surface area contributed by atoms with Crippen molar-refractivity contribution in [2.45, 2.75) is 44.6 Å². The van der Waals surface area contributed by atoms with Gasteiger partial charge in [0.15, 0.2) is 0 Å². The second-order valence-corrected chi connectivity index (χ2v) is 9.13. The van der Waals surface area contributed by atoms with Crippen LogP contribution < -0.4 is 10.1 Å². The lowest BCUT2D eigenvalue weighted by atomic mass is 9.74. The normalized spacial score (nSPS) is 21.1. The SMILES string of the molecule is CCOc1ccc(C2(CNC(=O)C3CCCN(Cc4ccccc4)C3)CCOCC2)cc1. The minimum atomic E-state index is -0.0724. The minimum Gasteiger partial charge on any atom is -0.494 e. The lowest BCUT2D eigenvalue weighted by molar-refractivity contribution is -0.127. The van der Waals surface area contributed by atoms with Gasteiger partial charge in [-0.3, -0.25) is 9.69 Å². The van der Waals surface area contributed by atoms with Crippen LogP contribution in [0.15, 0.2) is 54.6 Å². The number of piperidine rings is 1. The molecule has 1 N–H and O–H groups in total. The molecule has 2 heterocycles. The van der Waals surface area contributed by atoms with Gasteiger partial charge in [-0.15, -0.1) is 0 Å². The van der Waals surface area contributed by atoms with E-state index >= 15 is 0 Å². The van der Waals surface area contributed by atoms with Crippen molar-refractivity contribution < 1.29 is 14.3 Å². The molecule has 2 aromatic carbocycles. The number of rotatable bonds is 8. The fraction of sp³-hybridized carbons (Fsp3) is 0.519. The van der Waals surface area contributed by atoms with Crippen molar-refractivity contribution in [2.75, 3.05) is 39.5 Å². The summed E-state index contributed by atoms with van der Waals surface area (Å²) >= 11 is 0. The molecule has 2 aliphatic heterocycles. The number of hydrogen-bond acceptors (Lipinski definition) is 4. The van der Waals surface area contributed by atoms with E-state index in [4.69, 9.17) is 9.47 Å². The summed E-state index contributed by atoms with van der Waals surface area (Å²) < 4.78 is 11.3. The zero-order valence-corrected chi connectivity index (χ0v) is 19.2. The highest BCUT2D eigenvalue weighted by Gasteiger charge is 2.36. The third-order valence-corrected chi connectivity index (χ3v) is 6.95. The van der Waals surface area contributed by atoms with Crippen molar-refractivity contribution >= 4 is 5.91 Å². The van der Waals surface area contributed by atoms with E-state index in [0.29, 0.717) is 13.2 Å². The lowest BCUT2D eigenvalue weighted by Gasteiger charge is -2.39. The maximum Gasteiger partial charge on any atom is 0.224 e. The van der Waals surface area contributed by atoms with Crippen LogP contribution in [0, 0.1) is 5.92 Å². The van der Waals surface area contributed by atoms with Gasteiger partial charge in [-0.2, -0.15) is 0 Å². The van der Waals surface area contributed by atoms with E-state index < -0.39 is 0 Å². The molecule has 2 fully saturated rings. The summed E-state index contributed by atoms with van der Waals surface area (Å²) in [5.41, 5.74) is 2.50. The second-order valence-electron chi connectivity index (χ2n) is 9.13. The third-order valence-electron chi connectivity index (χ3n) is 6.95. The first kappa shape index (κ1) is 22.8. The first-order valence-corrected chi connectivity index (χ1v) is 12.0. The Hall–Kier alpha value is -2.37. The van der Waals surface area contributed by atoms with Gasteiger partial charge in [0, 0.05) is 38.3 Å². The van der Waals surface area contributed by atoms with Crippen LogP contribution in [0.2, 0.25) is 0 Å². The minimum absolute atomic E-state index is 0.0599. The number of nitrogens with zero attached hydrogens (tertiary/aromatic N) is 1. The maximum atomic E-state index is 13.2. The molecule has 2 aliphatic rings. The summed E-state index contributed by atoms with van der Waals surface area (Å²) in [5, 5.41) is 3.33. The highest BCUT2D eigenvalue weighted by atomic mass is 16.5.